The van der Waals surface area contributed by atoms with Crippen molar-refractivity contribution < 1.29 is 14.2 Å². The van der Waals surface area contributed by atoms with Crippen LogP contribution >= 0.6 is 0 Å². The molecule has 2 N–H and O–H groups in total. The van der Waals surface area contributed by atoms with Gasteiger partial charge in [-0.15, -0.1) is 0 Å². The molecule has 0 fully saturated rings. The van der Waals surface area contributed by atoms with E-state index in [1.54, 1.807) is 24.3 Å². The van der Waals surface area contributed by atoms with E-state index in [0.29, 0.717) is 12.3 Å². The van der Waals surface area contributed by atoms with E-state index in [-0.39, 0.29) is 17.6 Å². The van der Waals surface area contributed by atoms with Gasteiger partial charge >= 0.3 is 0 Å². The van der Waals surface area contributed by atoms with Crippen LogP contribution in [-0.2, 0) is 13.0 Å². The maximum atomic E-state index is 12.8. The molecule has 2 aromatic carbocycles. The van der Waals surface area contributed by atoms with E-state index in [0.717, 1.165) is 17.5 Å². The standard InChI is InChI=1S/C17H20FNO2/c1-12(9-13-3-6-15(18)7-4-13)19-11-14-5-8-17(21-2)16(20)10-14/h3-8,10,12,19-20H,9,11H2,1-2H3. The first kappa shape index (κ1) is 15.3. The monoisotopic (exact) mass is 289 g/mol. The van der Waals surface area contributed by atoms with E-state index in [1.807, 2.05) is 6.07 Å². The van der Waals surface area contributed by atoms with Gasteiger partial charge in [-0.05, 0) is 48.7 Å². The van der Waals surface area contributed by atoms with Crippen molar-refractivity contribution in [2.45, 2.75) is 25.9 Å². The topological polar surface area (TPSA) is 41.5 Å². The van der Waals surface area contributed by atoms with Crippen molar-refractivity contribution in [3.05, 3.63) is 59.4 Å². The number of hydrogen-bond acceptors (Lipinski definition) is 3. The summed E-state index contributed by atoms with van der Waals surface area (Å²) in [4.78, 5) is 0. The third-order valence-corrected chi connectivity index (χ3v) is 3.35. The molecule has 0 aliphatic carbocycles. The van der Waals surface area contributed by atoms with Gasteiger partial charge in [0.2, 0.25) is 0 Å². The van der Waals surface area contributed by atoms with Crippen molar-refractivity contribution >= 4 is 0 Å². The molecule has 4 heteroatoms. The first-order valence-electron chi connectivity index (χ1n) is 6.92. The van der Waals surface area contributed by atoms with Gasteiger partial charge in [-0.3, -0.25) is 0 Å². The Morgan fingerprint density at radius 3 is 2.43 bits per heavy atom. The molecule has 112 valence electrons. The number of aromatic hydroxyl groups is 1. The summed E-state index contributed by atoms with van der Waals surface area (Å²) in [5.41, 5.74) is 2.08. The summed E-state index contributed by atoms with van der Waals surface area (Å²) in [5, 5.41) is 13.1. The molecule has 0 spiro atoms. The number of nitrogens with one attached hydrogen (secondary N) is 1. The van der Waals surface area contributed by atoms with Crippen LogP contribution in [0.1, 0.15) is 18.1 Å². The number of halogens is 1. The highest BCUT2D eigenvalue weighted by molar-refractivity contribution is 5.41. The highest BCUT2D eigenvalue weighted by atomic mass is 19.1. The molecule has 2 rings (SSSR count). The zero-order chi connectivity index (χ0) is 15.2. The lowest BCUT2D eigenvalue weighted by Gasteiger charge is -2.14. The van der Waals surface area contributed by atoms with Crippen LogP contribution in [0.4, 0.5) is 4.39 Å². The lowest BCUT2D eigenvalue weighted by molar-refractivity contribution is 0.373. The summed E-state index contributed by atoms with van der Waals surface area (Å²) in [7, 11) is 1.53. The molecule has 0 aliphatic heterocycles. The smallest absolute Gasteiger partial charge is 0.160 e. The van der Waals surface area contributed by atoms with E-state index in [9.17, 15) is 9.50 Å². The van der Waals surface area contributed by atoms with E-state index in [4.69, 9.17) is 4.74 Å². The second kappa shape index (κ2) is 7.09. The summed E-state index contributed by atoms with van der Waals surface area (Å²) in [5.74, 6) is 0.397. The minimum Gasteiger partial charge on any atom is -0.504 e. The summed E-state index contributed by atoms with van der Waals surface area (Å²) in [6.45, 7) is 2.73. The van der Waals surface area contributed by atoms with Crippen molar-refractivity contribution in [1.29, 1.82) is 0 Å². The first-order chi connectivity index (χ1) is 10.1. The fourth-order valence-corrected chi connectivity index (χ4v) is 2.18. The number of rotatable bonds is 6. The fourth-order valence-electron chi connectivity index (χ4n) is 2.18. The molecule has 0 amide bonds. The number of hydrogen-bond donors (Lipinski definition) is 2. The number of phenols is 1. The zero-order valence-corrected chi connectivity index (χ0v) is 12.3. The third kappa shape index (κ3) is 4.46. The summed E-state index contributed by atoms with van der Waals surface area (Å²) >= 11 is 0. The van der Waals surface area contributed by atoms with Crippen LogP contribution in [-0.4, -0.2) is 18.3 Å². The zero-order valence-electron chi connectivity index (χ0n) is 12.3. The van der Waals surface area contributed by atoms with Crippen LogP contribution in [0.5, 0.6) is 11.5 Å². The van der Waals surface area contributed by atoms with Crippen LogP contribution in [0.15, 0.2) is 42.5 Å². The van der Waals surface area contributed by atoms with Gasteiger partial charge in [0.05, 0.1) is 7.11 Å². The van der Waals surface area contributed by atoms with E-state index in [2.05, 4.69) is 12.2 Å². The molecule has 0 radical (unpaired) electrons. The van der Waals surface area contributed by atoms with Crippen LogP contribution in [0, 0.1) is 5.82 Å². The molecule has 2 aromatic rings. The SMILES string of the molecule is COc1ccc(CNC(C)Cc2ccc(F)cc2)cc1O. The normalized spacial score (nSPS) is 12.1. The Kier molecular flexibility index (Phi) is 5.17. The molecule has 0 saturated carbocycles. The largest absolute Gasteiger partial charge is 0.504 e. The molecule has 0 heterocycles. The molecule has 3 nitrogen and oxygen atoms in total. The summed E-state index contributed by atoms with van der Waals surface area (Å²) < 4.78 is 17.9. The Bertz CT molecular complexity index is 584. The first-order valence-corrected chi connectivity index (χ1v) is 6.92. The maximum absolute atomic E-state index is 12.8. The Morgan fingerprint density at radius 2 is 1.81 bits per heavy atom. The quantitative estimate of drug-likeness (QED) is 0.857. The van der Waals surface area contributed by atoms with Gasteiger partial charge in [-0.2, -0.15) is 0 Å². The van der Waals surface area contributed by atoms with Crippen molar-refractivity contribution in [2.24, 2.45) is 0 Å². The van der Waals surface area contributed by atoms with Crippen molar-refractivity contribution in [3.63, 3.8) is 0 Å². The lowest BCUT2D eigenvalue weighted by Crippen LogP contribution is -2.27. The van der Waals surface area contributed by atoms with Crippen LogP contribution in [0.2, 0.25) is 0 Å². The predicted octanol–water partition coefficient (Wildman–Crippen LogP) is 3.26. The van der Waals surface area contributed by atoms with Gasteiger partial charge in [-0.25, -0.2) is 4.39 Å². The van der Waals surface area contributed by atoms with Gasteiger partial charge in [0.1, 0.15) is 5.82 Å². The molecule has 1 atom stereocenters. The molecule has 0 aromatic heterocycles. The second-order valence-corrected chi connectivity index (χ2v) is 5.12. The second-order valence-electron chi connectivity index (χ2n) is 5.12. The van der Waals surface area contributed by atoms with Crippen molar-refractivity contribution in [2.75, 3.05) is 7.11 Å². The Labute approximate surface area is 124 Å². The van der Waals surface area contributed by atoms with Crippen LogP contribution in [0.25, 0.3) is 0 Å². The molecular formula is C17H20FNO2. The van der Waals surface area contributed by atoms with E-state index < -0.39 is 0 Å². The number of phenolic OH excluding ortho intramolecular Hbond substituents is 1. The minimum absolute atomic E-state index is 0.142. The third-order valence-electron chi connectivity index (χ3n) is 3.35. The van der Waals surface area contributed by atoms with Gasteiger partial charge < -0.3 is 15.2 Å². The van der Waals surface area contributed by atoms with Gasteiger partial charge in [0.25, 0.3) is 0 Å². The molecular weight excluding hydrogens is 269 g/mol. The summed E-state index contributed by atoms with van der Waals surface area (Å²) in [6.07, 6.45) is 0.822. The lowest BCUT2D eigenvalue weighted by atomic mass is 10.1. The minimum atomic E-state index is -0.215. The van der Waals surface area contributed by atoms with Crippen LogP contribution in [0.3, 0.4) is 0 Å². The van der Waals surface area contributed by atoms with Gasteiger partial charge in [-0.1, -0.05) is 18.2 Å². The van der Waals surface area contributed by atoms with E-state index in [1.165, 1.54) is 19.2 Å². The van der Waals surface area contributed by atoms with Crippen molar-refractivity contribution in [1.82, 2.24) is 5.32 Å². The number of methoxy groups -OCH3 is 1. The molecule has 21 heavy (non-hydrogen) atoms. The highest BCUT2D eigenvalue weighted by Gasteiger charge is 2.06. The molecule has 0 bridgehead atoms. The Balaban J connectivity index is 1.87. The van der Waals surface area contributed by atoms with E-state index >= 15 is 0 Å². The Hall–Kier alpha value is -2.07. The maximum Gasteiger partial charge on any atom is 0.160 e. The van der Waals surface area contributed by atoms with Crippen molar-refractivity contribution in [3.8, 4) is 11.5 Å². The number of benzene rings is 2. The van der Waals surface area contributed by atoms with Crippen LogP contribution < -0.4 is 10.1 Å². The highest BCUT2D eigenvalue weighted by Crippen LogP contribution is 2.26. The number of ether oxygens (including phenoxy) is 1. The average molecular weight is 289 g/mol. The fraction of sp³-hybridized carbons (Fsp3) is 0.294. The molecule has 0 aliphatic rings. The Morgan fingerprint density at radius 1 is 1.14 bits per heavy atom. The van der Waals surface area contributed by atoms with Gasteiger partial charge in [0.15, 0.2) is 11.5 Å². The molecule has 1 unspecified atom stereocenters. The summed E-state index contributed by atoms with van der Waals surface area (Å²) in [6, 6.07) is 12.1. The molecule has 0 saturated heterocycles. The average Bonchev–Trinajstić information content (AvgIpc) is 2.48. The van der Waals surface area contributed by atoms with Gasteiger partial charge in [0, 0.05) is 12.6 Å². The predicted molar refractivity (Wildman–Crippen MR) is 81.1 cm³/mol.